The maximum Gasteiger partial charge on any atom is 0.240 e. The van der Waals surface area contributed by atoms with Gasteiger partial charge < -0.3 is 9.84 Å². The van der Waals surface area contributed by atoms with E-state index in [1.807, 2.05) is 6.92 Å². The minimum absolute atomic E-state index is 0.153. The Morgan fingerprint density at radius 1 is 1.42 bits per heavy atom. The first-order chi connectivity index (χ1) is 8.90. The molecule has 2 atom stereocenters. The third-order valence-corrected chi connectivity index (χ3v) is 4.35. The molecule has 6 heteroatoms. The Morgan fingerprint density at radius 2 is 2.11 bits per heavy atom. The summed E-state index contributed by atoms with van der Waals surface area (Å²) in [7, 11) is -2.06. The molecule has 19 heavy (non-hydrogen) atoms. The van der Waals surface area contributed by atoms with Crippen LogP contribution in [0.3, 0.4) is 0 Å². The highest BCUT2D eigenvalue weighted by molar-refractivity contribution is 7.89. The van der Waals surface area contributed by atoms with E-state index in [2.05, 4.69) is 4.72 Å². The van der Waals surface area contributed by atoms with E-state index in [0.29, 0.717) is 18.6 Å². The zero-order valence-electron chi connectivity index (χ0n) is 11.5. The number of hydrogen-bond acceptors (Lipinski definition) is 4. The average molecular weight is 287 g/mol. The lowest BCUT2D eigenvalue weighted by Crippen LogP contribution is -2.37. The van der Waals surface area contributed by atoms with Gasteiger partial charge in [-0.05, 0) is 31.0 Å². The molecular weight excluding hydrogens is 266 g/mol. The van der Waals surface area contributed by atoms with E-state index >= 15 is 0 Å². The van der Waals surface area contributed by atoms with Crippen molar-refractivity contribution in [3.8, 4) is 0 Å². The summed E-state index contributed by atoms with van der Waals surface area (Å²) in [4.78, 5) is 0.153. The SMILES string of the molecule is CCC(COC)NS(=O)(=O)c1cccc(C(C)O)c1. The molecule has 108 valence electrons. The highest BCUT2D eigenvalue weighted by atomic mass is 32.2. The van der Waals surface area contributed by atoms with E-state index < -0.39 is 16.1 Å². The molecular formula is C13H21NO4S. The molecule has 1 aromatic carbocycles. The van der Waals surface area contributed by atoms with E-state index in [-0.39, 0.29) is 10.9 Å². The summed E-state index contributed by atoms with van der Waals surface area (Å²) in [6.45, 7) is 3.81. The lowest BCUT2D eigenvalue weighted by Gasteiger charge is -2.16. The Kier molecular flexibility index (Phi) is 5.93. The molecule has 5 nitrogen and oxygen atoms in total. The minimum Gasteiger partial charge on any atom is -0.389 e. The Hall–Kier alpha value is -0.950. The lowest BCUT2D eigenvalue weighted by atomic mass is 10.1. The molecule has 0 spiro atoms. The molecule has 0 aliphatic rings. The van der Waals surface area contributed by atoms with Crippen molar-refractivity contribution >= 4 is 10.0 Å². The van der Waals surface area contributed by atoms with Gasteiger partial charge in [-0.25, -0.2) is 13.1 Å². The first-order valence-electron chi connectivity index (χ1n) is 6.20. The van der Waals surface area contributed by atoms with Crippen LogP contribution < -0.4 is 4.72 Å². The van der Waals surface area contributed by atoms with Gasteiger partial charge >= 0.3 is 0 Å². The van der Waals surface area contributed by atoms with Crippen LogP contribution in [0.15, 0.2) is 29.2 Å². The molecule has 2 unspecified atom stereocenters. The summed E-state index contributed by atoms with van der Waals surface area (Å²) in [6, 6.07) is 6.04. The Morgan fingerprint density at radius 3 is 2.63 bits per heavy atom. The van der Waals surface area contributed by atoms with E-state index in [4.69, 9.17) is 4.74 Å². The molecule has 0 aliphatic carbocycles. The summed E-state index contributed by atoms with van der Waals surface area (Å²) < 4.78 is 32.0. The van der Waals surface area contributed by atoms with Crippen molar-refractivity contribution in [1.82, 2.24) is 4.72 Å². The summed E-state index contributed by atoms with van der Waals surface area (Å²) in [5, 5.41) is 9.49. The normalized spacial score (nSPS) is 15.2. The number of methoxy groups -OCH3 is 1. The number of sulfonamides is 1. The van der Waals surface area contributed by atoms with Crippen molar-refractivity contribution in [1.29, 1.82) is 0 Å². The van der Waals surface area contributed by atoms with Crippen molar-refractivity contribution in [3.05, 3.63) is 29.8 Å². The van der Waals surface area contributed by atoms with Crippen LogP contribution in [-0.2, 0) is 14.8 Å². The van der Waals surface area contributed by atoms with Gasteiger partial charge in [0.15, 0.2) is 0 Å². The van der Waals surface area contributed by atoms with Crippen LogP contribution in [0.1, 0.15) is 31.9 Å². The van der Waals surface area contributed by atoms with Crippen molar-refractivity contribution in [3.63, 3.8) is 0 Å². The highest BCUT2D eigenvalue weighted by Crippen LogP contribution is 2.17. The predicted molar refractivity (Wildman–Crippen MR) is 73.4 cm³/mol. The van der Waals surface area contributed by atoms with Crippen molar-refractivity contribution in [2.75, 3.05) is 13.7 Å². The Bertz CT molecular complexity index is 499. The smallest absolute Gasteiger partial charge is 0.240 e. The summed E-state index contributed by atoms with van der Waals surface area (Å²) in [5.41, 5.74) is 0.572. The Balaban J connectivity index is 2.96. The van der Waals surface area contributed by atoms with E-state index in [1.165, 1.54) is 19.2 Å². The molecule has 0 radical (unpaired) electrons. The second kappa shape index (κ2) is 7.00. The topological polar surface area (TPSA) is 75.6 Å². The van der Waals surface area contributed by atoms with Crippen LogP contribution in [-0.4, -0.2) is 33.3 Å². The summed E-state index contributed by atoms with van der Waals surface area (Å²) in [6.07, 6.45) is -0.0560. The second-order valence-electron chi connectivity index (χ2n) is 4.43. The third-order valence-electron chi connectivity index (χ3n) is 2.83. The van der Waals surface area contributed by atoms with Gasteiger partial charge in [0.25, 0.3) is 0 Å². The predicted octanol–water partition coefficient (Wildman–Crippen LogP) is 1.44. The highest BCUT2D eigenvalue weighted by Gasteiger charge is 2.19. The van der Waals surface area contributed by atoms with Gasteiger partial charge in [-0.3, -0.25) is 0 Å². The zero-order valence-corrected chi connectivity index (χ0v) is 12.3. The molecule has 0 aliphatic heterocycles. The first-order valence-corrected chi connectivity index (χ1v) is 7.68. The van der Waals surface area contributed by atoms with Crippen LogP contribution in [0.4, 0.5) is 0 Å². The summed E-state index contributed by atoms with van der Waals surface area (Å²) in [5.74, 6) is 0. The molecule has 0 fully saturated rings. The van der Waals surface area contributed by atoms with Crippen molar-refractivity contribution in [2.45, 2.75) is 37.3 Å². The third kappa shape index (κ3) is 4.58. The van der Waals surface area contributed by atoms with Gasteiger partial charge in [0.1, 0.15) is 0 Å². The van der Waals surface area contributed by atoms with Gasteiger partial charge in [0.2, 0.25) is 10.0 Å². The van der Waals surface area contributed by atoms with Crippen LogP contribution >= 0.6 is 0 Å². The van der Waals surface area contributed by atoms with Crippen LogP contribution in [0.2, 0.25) is 0 Å². The van der Waals surface area contributed by atoms with Gasteiger partial charge in [-0.1, -0.05) is 19.1 Å². The first kappa shape index (κ1) is 16.1. The molecule has 0 amide bonds. The second-order valence-corrected chi connectivity index (χ2v) is 6.14. The number of rotatable bonds is 7. The number of hydrogen-bond donors (Lipinski definition) is 2. The number of ether oxygens (including phenoxy) is 1. The zero-order chi connectivity index (χ0) is 14.5. The maximum atomic E-state index is 12.2. The van der Waals surface area contributed by atoms with Gasteiger partial charge in [-0.2, -0.15) is 0 Å². The molecule has 1 rings (SSSR count). The fourth-order valence-electron chi connectivity index (χ4n) is 1.67. The molecule has 0 saturated carbocycles. The molecule has 1 aromatic rings. The van der Waals surface area contributed by atoms with Crippen molar-refractivity contribution in [2.24, 2.45) is 0 Å². The summed E-state index contributed by atoms with van der Waals surface area (Å²) >= 11 is 0. The van der Waals surface area contributed by atoms with Crippen LogP contribution in [0.25, 0.3) is 0 Å². The van der Waals surface area contributed by atoms with Crippen molar-refractivity contribution < 1.29 is 18.3 Å². The van der Waals surface area contributed by atoms with E-state index in [1.54, 1.807) is 19.1 Å². The van der Waals surface area contributed by atoms with Crippen LogP contribution in [0.5, 0.6) is 0 Å². The molecule has 0 aromatic heterocycles. The fourth-order valence-corrected chi connectivity index (χ4v) is 3.02. The molecule has 2 N–H and O–H groups in total. The quantitative estimate of drug-likeness (QED) is 0.796. The van der Waals surface area contributed by atoms with E-state index in [0.717, 1.165) is 0 Å². The van der Waals surface area contributed by atoms with Gasteiger partial charge in [0, 0.05) is 13.2 Å². The number of aliphatic hydroxyl groups is 1. The maximum absolute atomic E-state index is 12.2. The minimum atomic E-state index is -3.59. The molecule has 0 heterocycles. The molecule has 0 saturated heterocycles. The van der Waals surface area contributed by atoms with Crippen LogP contribution in [0, 0.1) is 0 Å². The van der Waals surface area contributed by atoms with E-state index in [9.17, 15) is 13.5 Å². The average Bonchev–Trinajstić information content (AvgIpc) is 2.38. The molecule has 0 bridgehead atoms. The largest absolute Gasteiger partial charge is 0.389 e. The fraction of sp³-hybridized carbons (Fsp3) is 0.538. The Labute approximate surface area is 114 Å². The standard InChI is InChI=1S/C13H21NO4S/c1-4-12(9-18-3)14-19(16,17)13-7-5-6-11(8-13)10(2)15/h5-8,10,12,14-15H,4,9H2,1-3H3. The number of nitrogens with one attached hydrogen (secondary N) is 1. The number of aliphatic hydroxyl groups excluding tert-OH is 1. The van der Waals surface area contributed by atoms with Gasteiger partial charge in [-0.15, -0.1) is 0 Å². The number of benzene rings is 1. The lowest BCUT2D eigenvalue weighted by molar-refractivity contribution is 0.173. The monoisotopic (exact) mass is 287 g/mol. The van der Waals surface area contributed by atoms with Gasteiger partial charge in [0.05, 0.1) is 17.6 Å².